The van der Waals surface area contributed by atoms with Crippen LogP contribution in [0.4, 0.5) is 0 Å². The molecule has 0 aliphatic heterocycles. The van der Waals surface area contributed by atoms with Crippen LogP contribution in [0.25, 0.3) is 6.08 Å². The van der Waals surface area contributed by atoms with Crippen molar-refractivity contribution in [2.75, 3.05) is 13.7 Å². The smallest absolute Gasteiger partial charge is 0.337 e. The van der Waals surface area contributed by atoms with E-state index in [2.05, 4.69) is 17.9 Å². The molecule has 0 saturated carbocycles. The maximum absolute atomic E-state index is 11.1. The topological polar surface area (TPSA) is 89.9 Å². The van der Waals surface area contributed by atoms with Crippen LogP contribution in [0.5, 0.6) is 0 Å². The molecule has 0 spiro atoms. The van der Waals surface area contributed by atoms with Gasteiger partial charge in [0.05, 0.1) is 19.3 Å². The van der Waals surface area contributed by atoms with Gasteiger partial charge in [0.1, 0.15) is 0 Å². The van der Waals surface area contributed by atoms with Crippen LogP contribution in [0.3, 0.4) is 0 Å². The zero-order valence-electron chi connectivity index (χ0n) is 16.9. The number of hydrogen-bond donors (Lipinski definition) is 1. The molecule has 156 valence electrons. The highest BCUT2D eigenvalue weighted by Crippen LogP contribution is 2.06. The van der Waals surface area contributed by atoms with Gasteiger partial charge in [-0.15, -0.1) is 0 Å². The molecule has 0 atom stereocenters. The van der Waals surface area contributed by atoms with E-state index in [0.29, 0.717) is 18.6 Å². The minimum absolute atomic E-state index is 0.0449. The summed E-state index contributed by atoms with van der Waals surface area (Å²) in [6.07, 6.45) is 8.07. The van der Waals surface area contributed by atoms with E-state index in [4.69, 9.17) is 9.84 Å². The van der Waals surface area contributed by atoms with Gasteiger partial charge in [0.25, 0.3) is 0 Å². The van der Waals surface area contributed by atoms with Gasteiger partial charge in [-0.2, -0.15) is 0 Å². The van der Waals surface area contributed by atoms with Gasteiger partial charge < -0.3 is 14.6 Å². The third-order valence-electron chi connectivity index (χ3n) is 3.37. The molecular formula is C23H28O6. The quantitative estimate of drug-likeness (QED) is 0.272. The Morgan fingerprint density at radius 1 is 1.07 bits per heavy atom. The van der Waals surface area contributed by atoms with Gasteiger partial charge in [-0.1, -0.05) is 69.0 Å². The number of benzene rings is 1. The lowest BCUT2D eigenvalue weighted by Gasteiger charge is -2.02. The van der Waals surface area contributed by atoms with Gasteiger partial charge in [0.15, 0.2) is 0 Å². The molecule has 0 fully saturated rings. The predicted molar refractivity (Wildman–Crippen MR) is 113 cm³/mol. The van der Waals surface area contributed by atoms with E-state index in [9.17, 15) is 14.4 Å². The van der Waals surface area contributed by atoms with Crippen LogP contribution in [0, 0.1) is 0 Å². The van der Waals surface area contributed by atoms with Crippen molar-refractivity contribution >= 4 is 24.0 Å². The molecule has 0 aliphatic carbocycles. The summed E-state index contributed by atoms with van der Waals surface area (Å²) >= 11 is 0. The Balaban J connectivity index is 0.000000543. The van der Waals surface area contributed by atoms with E-state index in [0.717, 1.165) is 30.6 Å². The van der Waals surface area contributed by atoms with Crippen molar-refractivity contribution in [2.24, 2.45) is 0 Å². The predicted octanol–water partition coefficient (Wildman–Crippen LogP) is 4.35. The molecule has 1 aromatic carbocycles. The molecule has 1 N–H and O–H groups in total. The average Bonchev–Trinajstić information content (AvgIpc) is 2.72. The number of allylic oxidation sites excluding steroid dienone is 1. The second-order valence-electron chi connectivity index (χ2n) is 5.80. The Morgan fingerprint density at radius 3 is 2.28 bits per heavy atom. The average molecular weight is 400 g/mol. The molecule has 0 bridgehead atoms. The molecule has 6 nitrogen and oxygen atoms in total. The third-order valence-corrected chi connectivity index (χ3v) is 3.37. The number of ether oxygens (including phenoxy) is 2. The molecule has 29 heavy (non-hydrogen) atoms. The van der Waals surface area contributed by atoms with Crippen LogP contribution in [0.15, 0.2) is 72.9 Å². The van der Waals surface area contributed by atoms with Crippen LogP contribution in [-0.4, -0.2) is 36.7 Å². The zero-order valence-corrected chi connectivity index (χ0v) is 16.9. The number of methoxy groups -OCH3 is 1. The fraction of sp³-hybridized carbons (Fsp3) is 0.261. The molecule has 0 aromatic heterocycles. The largest absolute Gasteiger partial charge is 0.478 e. The molecule has 0 amide bonds. The normalized spacial score (nSPS) is 10.1. The van der Waals surface area contributed by atoms with Crippen LogP contribution < -0.4 is 0 Å². The molecule has 0 unspecified atom stereocenters. The van der Waals surface area contributed by atoms with Crippen molar-refractivity contribution in [3.05, 3.63) is 78.4 Å². The first-order valence-corrected chi connectivity index (χ1v) is 9.06. The van der Waals surface area contributed by atoms with Gasteiger partial charge in [0.2, 0.25) is 0 Å². The summed E-state index contributed by atoms with van der Waals surface area (Å²) in [6.45, 7) is 9.33. The number of rotatable bonds is 10. The molecule has 6 heteroatoms. The summed E-state index contributed by atoms with van der Waals surface area (Å²) in [5.41, 5.74) is 1.61. The maximum atomic E-state index is 11.1. The van der Waals surface area contributed by atoms with E-state index in [1.807, 2.05) is 49.4 Å². The number of carbonyl (C=O) groups excluding carboxylic acids is 2. The Bertz CT molecular complexity index is 744. The van der Waals surface area contributed by atoms with E-state index in [1.54, 1.807) is 0 Å². The van der Waals surface area contributed by atoms with Crippen molar-refractivity contribution in [1.82, 2.24) is 0 Å². The van der Waals surface area contributed by atoms with E-state index in [-0.39, 0.29) is 11.5 Å². The molecule has 1 aromatic rings. The number of carboxylic acid groups (broad SMARTS) is 1. The lowest BCUT2D eigenvalue weighted by molar-refractivity contribution is -0.138. The molecule has 0 saturated heterocycles. The SMILES string of the molecule is C=C(C=CC(=O)O)C(=O)OCCCC.C=C(CC=Cc1ccccc1)C(=O)OC. The Kier molecular flexibility index (Phi) is 13.8. The highest BCUT2D eigenvalue weighted by Gasteiger charge is 2.04. The van der Waals surface area contributed by atoms with Crippen LogP contribution in [-0.2, 0) is 23.9 Å². The highest BCUT2D eigenvalue weighted by atomic mass is 16.5. The minimum Gasteiger partial charge on any atom is -0.478 e. The van der Waals surface area contributed by atoms with Gasteiger partial charge in [-0.05, 0) is 24.5 Å². The number of aliphatic carboxylic acids is 1. The highest BCUT2D eigenvalue weighted by molar-refractivity contribution is 5.93. The third kappa shape index (κ3) is 13.4. The number of unbranched alkanes of at least 4 members (excludes halogenated alkanes) is 1. The zero-order chi connectivity index (χ0) is 22.1. The van der Waals surface area contributed by atoms with Crippen molar-refractivity contribution in [2.45, 2.75) is 26.2 Å². The lowest BCUT2D eigenvalue weighted by Crippen LogP contribution is -2.07. The number of esters is 2. The number of carboxylic acids is 1. The fourth-order valence-electron chi connectivity index (χ4n) is 1.77. The fourth-order valence-corrected chi connectivity index (χ4v) is 1.77. The summed E-state index contributed by atoms with van der Waals surface area (Å²) in [5, 5.41) is 8.28. The summed E-state index contributed by atoms with van der Waals surface area (Å²) in [7, 11) is 1.36. The van der Waals surface area contributed by atoms with Crippen molar-refractivity contribution in [1.29, 1.82) is 0 Å². The van der Waals surface area contributed by atoms with Gasteiger partial charge in [0, 0.05) is 11.6 Å². The molecule has 0 aliphatic rings. The van der Waals surface area contributed by atoms with E-state index in [1.165, 1.54) is 7.11 Å². The monoisotopic (exact) mass is 400 g/mol. The Hall–Kier alpha value is -3.41. The van der Waals surface area contributed by atoms with Crippen molar-refractivity contribution in [3.63, 3.8) is 0 Å². The van der Waals surface area contributed by atoms with Crippen LogP contribution in [0.1, 0.15) is 31.7 Å². The minimum atomic E-state index is -1.12. The standard InChI is InChI=1S/C13H14O2.C10H14O4/c1-11(13(14)15-2)7-6-10-12-8-4-3-5-9-12;1-3-4-7-14-10(13)8(2)5-6-9(11)12/h3-6,8-10H,1,7H2,2H3;5-6H,2-4,7H2,1H3,(H,11,12). The van der Waals surface area contributed by atoms with E-state index < -0.39 is 11.9 Å². The molecule has 0 heterocycles. The summed E-state index contributed by atoms with van der Waals surface area (Å²) in [5.74, 6) is -2.05. The number of hydrogen-bond acceptors (Lipinski definition) is 5. The van der Waals surface area contributed by atoms with Crippen molar-refractivity contribution < 1.29 is 29.0 Å². The molecular weight excluding hydrogens is 372 g/mol. The lowest BCUT2D eigenvalue weighted by atomic mass is 10.1. The summed E-state index contributed by atoms with van der Waals surface area (Å²) in [4.78, 5) is 32.2. The first-order valence-electron chi connectivity index (χ1n) is 9.06. The van der Waals surface area contributed by atoms with Crippen LogP contribution in [0.2, 0.25) is 0 Å². The van der Waals surface area contributed by atoms with Gasteiger partial charge in [-0.25, -0.2) is 14.4 Å². The van der Waals surface area contributed by atoms with Gasteiger partial charge in [-0.3, -0.25) is 0 Å². The number of carbonyl (C=O) groups is 3. The van der Waals surface area contributed by atoms with Crippen molar-refractivity contribution in [3.8, 4) is 0 Å². The summed E-state index contributed by atoms with van der Waals surface area (Å²) in [6, 6.07) is 9.89. The first-order chi connectivity index (χ1) is 13.8. The molecule has 0 radical (unpaired) electrons. The van der Waals surface area contributed by atoms with Gasteiger partial charge >= 0.3 is 17.9 Å². The van der Waals surface area contributed by atoms with Crippen LogP contribution >= 0.6 is 0 Å². The Morgan fingerprint density at radius 2 is 1.72 bits per heavy atom. The Labute approximate surface area is 171 Å². The molecule has 1 rings (SSSR count). The second-order valence-corrected chi connectivity index (χ2v) is 5.80. The maximum Gasteiger partial charge on any atom is 0.337 e. The first kappa shape index (κ1) is 25.6. The summed E-state index contributed by atoms with van der Waals surface area (Å²) < 4.78 is 9.34. The second kappa shape index (κ2) is 15.6. The van der Waals surface area contributed by atoms with E-state index >= 15 is 0 Å².